The second kappa shape index (κ2) is 3.19. The lowest BCUT2D eigenvalue weighted by Crippen LogP contribution is -2.35. The predicted molar refractivity (Wildman–Crippen MR) is 48.8 cm³/mol. The van der Waals surface area contributed by atoms with Gasteiger partial charge in [-0.1, -0.05) is 29.5 Å². The highest BCUT2D eigenvalue weighted by Gasteiger charge is 2.22. The van der Waals surface area contributed by atoms with E-state index in [-0.39, 0.29) is 0 Å². The fraction of sp³-hybridized carbons (Fsp3) is 1.00. The van der Waals surface area contributed by atoms with Gasteiger partial charge in [0.25, 0.3) is 0 Å². The van der Waals surface area contributed by atoms with Gasteiger partial charge in [-0.2, -0.15) is 0 Å². The molecule has 1 aliphatic rings. The van der Waals surface area contributed by atoms with Gasteiger partial charge in [-0.25, -0.2) is 0 Å². The minimum absolute atomic E-state index is 0.473. The summed E-state index contributed by atoms with van der Waals surface area (Å²) in [6, 6.07) is 0.473. The quantitative estimate of drug-likeness (QED) is 0.507. The number of halogens is 1. The molecular weight excluding hydrogens is 225 g/mol. The van der Waals surface area contributed by atoms with Gasteiger partial charge in [0.15, 0.2) is 0 Å². The van der Waals surface area contributed by atoms with Crippen molar-refractivity contribution in [1.29, 1.82) is 0 Å². The van der Waals surface area contributed by atoms with E-state index in [1.165, 1.54) is 19.3 Å². The first-order chi connectivity index (χ1) is 4.20. The monoisotopic (exact) mass is 239 g/mol. The average molecular weight is 239 g/mol. The average Bonchev–Trinajstić information content (AvgIpc) is 1.80. The topological polar surface area (TPSA) is 26.0 Å². The zero-order chi connectivity index (χ0) is 6.85. The van der Waals surface area contributed by atoms with Gasteiger partial charge in [0.1, 0.15) is 0 Å². The molecule has 54 valence electrons. The van der Waals surface area contributed by atoms with Crippen LogP contribution in [-0.4, -0.2) is 9.97 Å². The van der Waals surface area contributed by atoms with Crippen LogP contribution in [0.25, 0.3) is 0 Å². The molecule has 0 aliphatic heterocycles. The Hall–Kier alpha value is 0.690. The van der Waals surface area contributed by atoms with Crippen LogP contribution in [0.15, 0.2) is 0 Å². The van der Waals surface area contributed by atoms with E-state index in [2.05, 4.69) is 29.5 Å². The molecule has 0 amide bonds. The van der Waals surface area contributed by atoms with E-state index in [9.17, 15) is 0 Å². The van der Waals surface area contributed by atoms with Crippen LogP contribution < -0.4 is 5.73 Å². The third-order valence-corrected chi connectivity index (χ3v) is 3.33. The molecular formula is C7H14IN. The summed E-state index contributed by atoms with van der Waals surface area (Å²) in [7, 11) is 0. The lowest BCUT2D eigenvalue weighted by molar-refractivity contribution is 0.344. The first-order valence-corrected chi connectivity index (χ1v) is 4.84. The number of nitrogens with two attached hydrogens (primary N) is 1. The van der Waals surface area contributed by atoms with Crippen molar-refractivity contribution in [1.82, 2.24) is 0 Å². The van der Waals surface area contributed by atoms with Crippen molar-refractivity contribution in [3.63, 3.8) is 0 Å². The summed E-state index contributed by atoms with van der Waals surface area (Å²) in [5.41, 5.74) is 5.86. The lowest BCUT2D eigenvalue weighted by Gasteiger charge is -2.28. The Morgan fingerprint density at radius 3 is 2.56 bits per heavy atom. The van der Waals surface area contributed by atoms with Crippen molar-refractivity contribution in [2.45, 2.75) is 36.2 Å². The van der Waals surface area contributed by atoms with Crippen LogP contribution in [0.4, 0.5) is 0 Å². The van der Waals surface area contributed by atoms with Crippen LogP contribution in [0.2, 0.25) is 0 Å². The van der Waals surface area contributed by atoms with Crippen molar-refractivity contribution in [2.24, 2.45) is 11.7 Å². The van der Waals surface area contributed by atoms with Gasteiger partial charge in [-0.3, -0.25) is 0 Å². The fourth-order valence-corrected chi connectivity index (χ4v) is 2.25. The molecule has 0 aromatic rings. The lowest BCUT2D eigenvalue weighted by atomic mass is 9.87. The third-order valence-electron chi connectivity index (χ3n) is 2.19. The highest BCUT2D eigenvalue weighted by Crippen LogP contribution is 2.27. The van der Waals surface area contributed by atoms with Crippen molar-refractivity contribution >= 4 is 22.6 Å². The van der Waals surface area contributed by atoms with Gasteiger partial charge in [0.05, 0.1) is 0 Å². The molecule has 0 aromatic heterocycles. The Balaban J connectivity index is 2.35. The minimum atomic E-state index is 0.473. The molecule has 2 N–H and O–H groups in total. The van der Waals surface area contributed by atoms with Crippen molar-refractivity contribution < 1.29 is 0 Å². The van der Waals surface area contributed by atoms with Crippen LogP contribution in [0.1, 0.15) is 26.2 Å². The Morgan fingerprint density at radius 1 is 1.44 bits per heavy atom. The fourth-order valence-electron chi connectivity index (χ4n) is 1.30. The molecule has 1 aliphatic carbocycles. The molecule has 1 rings (SSSR count). The molecule has 0 bridgehead atoms. The van der Waals surface area contributed by atoms with E-state index in [0.29, 0.717) is 6.04 Å². The zero-order valence-corrected chi connectivity index (χ0v) is 7.97. The van der Waals surface area contributed by atoms with Gasteiger partial charge in [-0.05, 0) is 25.2 Å². The normalized spacial score (nSPS) is 45.0. The SMILES string of the molecule is CC1CCC(I)CC1N. The maximum Gasteiger partial charge on any atom is 0.0125 e. The van der Waals surface area contributed by atoms with Gasteiger partial charge in [0, 0.05) is 9.97 Å². The number of alkyl halides is 1. The van der Waals surface area contributed by atoms with E-state index in [4.69, 9.17) is 5.73 Å². The summed E-state index contributed by atoms with van der Waals surface area (Å²) in [5.74, 6) is 0.760. The largest absolute Gasteiger partial charge is 0.327 e. The number of hydrogen-bond acceptors (Lipinski definition) is 1. The predicted octanol–water partition coefficient (Wildman–Crippen LogP) is 1.94. The molecule has 0 aromatic carbocycles. The summed E-state index contributed by atoms with van der Waals surface area (Å²) in [6.45, 7) is 2.26. The number of hydrogen-bond donors (Lipinski definition) is 1. The highest BCUT2D eigenvalue weighted by molar-refractivity contribution is 14.1. The first-order valence-electron chi connectivity index (χ1n) is 3.60. The molecule has 3 atom stereocenters. The molecule has 1 nitrogen and oxygen atoms in total. The van der Waals surface area contributed by atoms with E-state index >= 15 is 0 Å². The molecule has 0 saturated heterocycles. The molecule has 1 saturated carbocycles. The van der Waals surface area contributed by atoms with Crippen molar-refractivity contribution in [3.8, 4) is 0 Å². The molecule has 9 heavy (non-hydrogen) atoms. The van der Waals surface area contributed by atoms with Crippen LogP contribution in [0.3, 0.4) is 0 Å². The molecule has 1 fully saturated rings. The minimum Gasteiger partial charge on any atom is -0.327 e. The molecule has 0 spiro atoms. The van der Waals surface area contributed by atoms with E-state index in [0.717, 1.165) is 9.84 Å². The van der Waals surface area contributed by atoms with Crippen LogP contribution in [-0.2, 0) is 0 Å². The van der Waals surface area contributed by atoms with Gasteiger partial charge in [-0.15, -0.1) is 0 Å². The second-order valence-electron chi connectivity index (χ2n) is 3.05. The second-order valence-corrected chi connectivity index (χ2v) is 4.81. The van der Waals surface area contributed by atoms with Gasteiger partial charge >= 0.3 is 0 Å². The molecule has 0 radical (unpaired) electrons. The molecule has 0 heterocycles. The molecule has 3 unspecified atom stereocenters. The standard InChI is InChI=1S/C7H14IN/c1-5-2-3-6(8)4-7(5)9/h5-7H,2-4,9H2,1H3. The van der Waals surface area contributed by atoms with Gasteiger partial charge < -0.3 is 5.73 Å². The van der Waals surface area contributed by atoms with Crippen molar-refractivity contribution in [3.05, 3.63) is 0 Å². The summed E-state index contributed by atoms with van der Waals surface area (Å²) >= 11 is 2.50. The maximum absolute atomic E-state index is 5.86. The molecule has 2 heteroatoms. The van der Waals surface area contributed by atoms with Gasteiger partial charge in [0.2, 0.25) is 0 Å². The Kier molecular flexibility index (Phi) is 2.76. The third kappa shape index (κ3) is 2.08. The van der Waals surface area contributed by atoms with Crippen LogP contribution in [0.5, 0.6) is 0 Å². The van der Waals surface area contributed by atoms with E-state index in [1.807, 2.05) is 0 Å². The Bertz CT molecular complexity index is 94.9. The summed E-state index contributed by atoms with van der Waals surface area (Å²) < 4.78 is 0.841. The van der Waals surface area contributed by atoms with Crippen LogP contribution in [0, 0.1) is 5.92 Å². The highest BCUT2D eigenvalue weighted by atomic mass is 127. The zero-order valence-electron chi connectivity index (χ0n) is 5.81. The summed E-state index contributed by atoms with van der Waals surface area (Å²) in [5, 5.41) is 0. The Morgan fingerprint density at radius 2 is 2.11 bits per heavy atom. The first kappa shape index (κ1) is 7.79. The van der Waals surface area contributed by atoms with E-state index < -0.39 is 0 Å². The number of rotatable bonds is 0. The smallest absolute Gasteiger partial charge is 0.0125 e. The van der Waals surface area contributed by atoms with Crippen molar-refractivity contribution in [2.75, 3.05) is 0 Å². The summed E-state index contributed by atoms with van der Waals surface area (Å²) in [6.07, 6.45) is 3.92. The Labute approximate surface area is 70.5 Å². The maximum atomic E-state index is 5.86. The summed E-state index contributed by atoms with van der Waals surface area (Å²) in [4.78, 5) is 0. The van der Waals surface area contributed by atoms with E-state index in [1.54, 1.807) is 0 Å². The van der Waals surface area contributed by atoms with Crippen LogP contribution >= 0.6 is 22.6 Å².